The number of nitrogens with two attached hydrogens (primary N) is 1. The van der Waals surface area contributed by atoms with Crippen molar-refractivity contribution in [3.63, 3.8) is 0 Å². The number of aryl methyl sites for hydroxylation is 1. The van der Waals surface area contributed by atoms with Crippen molar-refractivity contribution in [3.05, 3.63) is 15.8 Å². The number of carbonyl (C=O) groups excluding carboxylic acids is 1. The van der Waals surface area contributed by atoms with Crippen molar-refractivity contribution in [2.24, 2.45) is 0 Å². The maximum atomic E-state index is 12.5. The molecular weight excluding hydrogens is 296 g/mol. The number of nitrogen functional groups attached to an aromatic ring is 1. The summed E-state index contributed by atoms with van der Waals surface area (Å²) in [4.78, 5) is 15.3. The molecule has 0 bridgehead atoms. The second-order valence-corrected chi connectivity index (χ2v) is 8.30. The molecule has 2 rings (SSSR count). The van der Waals surface area contributed by atoms with E-state index in [-0.39, 0.29) is 30.0 Å². The summed E-state index contributed by atoms with van der Waals surface area (Å²) in [7, 11) is -3.06. The third-order valence-electron chi connectivity index (χ3n) is 3.34. The van der Waals surface area contributed by atoms with Crippen molar-refractivity contribution in [1.82, 2.24) is 4.90 Å². The van der Waals surface area contributed by atoms with Gasteiger partial charge in [0.2, 0.25) is 0 Å². The number of nitrogens with zero attached hydrogens (tertiary/aromatic N) is 1. The van der Waals surface area contributed by atoms with Crippen molar-refractivity contribution in [3.8, 4) is 12.3 Å². The van der Waals surface area contributed by atoms with Gasteiger partial charge in [-0.25, -0.2) is 8.42 Å². The van der Waals surface area contributed by atoms with E-state index in [1.165, 1.54) is 16.2 Å². The molecule has 1 unspecified atom stereocenters. The van der Waals surface area contributed by atoms with Crippen LogP contribution >= 0.6 is 11.3 Å². The lowest BCUT2D eigenvalue weighted by atomic mass is 10.2. The average Bonchev–Trinajstić information content (AvgIpc) is 2.89. The molecule has 1 amide bonds. The van der Waals surface area contributed by atoms with Crippen LogP contribution in [0.15, 0.2) is 6.07 Å². The molecule has 1 aliphatic heterocycles. The highest BCUT2D eigenvalue weighted by molar-refractivity contribution is 7.91. The van der Waals surface area contributed by atoms with E-state index in [0.717, 1.165) is 4.88 Å². The van der Waals surface area contributed by atoms with Crippen LogP contribution in [-0.2, 0) is 9.84 Å². The van der Waals surface area contributed by atoms with Crippen molar-refractivity contribution >= 4 is 32.8 Å². The minimum atomic E-state index is -3.06. The Morgan fingerprint density at radius 2 is 2.35 bits per heavy atom. The molecule has 0 saturated carbocycles. The number of hydrogen-bond acceptors (Lipinski definition) is 5. The number of anilines is 1. The number of sulfone groups is 1. The van der Waals surface area contributed by atoms with Crippen LogP contribution in [-0.4, -0.2) is 43.3 Å². The number of thiophene rings is 1. The first kappa shape index (κ1) is 14.9. The average molecular weight is 312 g/mol. The molecule has 0 aliphatic carbocycles. The Bertz CT molecular complexity index is 651. The lowest BCUT2D eigenvalue weighted by Gasteiger charge is -2.25. The molecule has 1 fully saturated rings. The Kier molecular flexibility index (Phi) is 4.06. The molecule has 0 radical (unpaired) electrons. The van der Waals surface area contributed by atoms with Crippen molar-refractivity contribution in [2.75, 3.05) is 23.8 Å². The highest BCUT2D eigenvalue weighted by Crippen LogP contribution is 2.27. The standard InChI is InChI=1S/C13H16N2O3S2/c1-3-5-15(10-4-6-20(17,18)8-10)13(16)12-7-11(14)9(2)19-12/h1,7,10H,4-6,8,14H2,2H3. The van der Waals surface area contributed by atoms with Gasteiger partial charge in [-0.2, -0.15) is 0 Å². The fraction of sp³-hybridized carbons (Fsp3) is 0.462. The van der Waals surface area contributed by atoms with E-state index in [2.05, 4.69) is 5.92 Å². The molecule has 2 N–H and O–H groups in total. The number of carbonyl (C=O) groups is 1. The maximum absolute atomic E-state index is 12.5. The molecule has 1 saturated heterocycles. The molecule has 1 atom stereocenters. The maximum Gasteiger partial charge on any atom is 0.265 e. The summed E-state index contributed by atoms with van der Waals surface area (Å²) in [6, 6.07) is 1.28. The molecular formula is C13H16N2O3S2. The first-order chi connectivity index (χ1) is 9.34. The molecule has 5 nitrogen and oxygen atoms in total. The molecule has 0 spiro atoms. The second-order valence-electron chi connectivity index (χ2n) is 4.82. The predicted molar refractivity (Wildman–Crippen MR) is 80.4 cm³/mol. The fourth-order valence-corrected chi connectivity index (χ4v) is 4.86. The summed E-state index contributed by atoms with van der Waals surface area (Å²) in [5.41, 5.74) is 6.32. The van der Waals surface area contributed by atoms with Crippen LogP contribution in [0.5, 0.6) is 0 Å². The molecule has 0 aromatic carbocycles. The summed E-state index contributed by atoms with van der Waals surface area (Å²) in [6.07, 6.45) is 5.74. The first-order valence-electron chi connectivity index (χ1n) is 6.15. The molecule has 1 aromatic rings. The zero-order valence-corrected chi connectivity index (χ0v) is 12.8. The normalized spacial score (nSPS) is 20.5. The van der Waals surface area contributed by atoms with Gasteiger partial charge < -0.3 is 10.6 Å². The number of hydrogen-bond donors (Lipinski definition) is 1. The molecule has 7 heteroatoms. The van der Waals surface area contributed by atoms with Crippen LogP contribution in [0.2, 0.25) is 0 Å². The van der Waals surface area contributed by atoms with Crippen molar-refractivity contribution in [1.29, 1.82) is 0 Å². The molecule has 108 valence electrons. The number of rotatable bonds is 3. The van der Waals surface area contributed by atoms with Crippen molar-refractivity contribution < 1.29 is 13.2 Å². The van der Waals surface area contributed by atoms with Gasteiger partial charge in [0.25, 0.3) is 5.91 Å². The first-order valence-corrected chi connectivity index (χ1v) is 8.78. The van der Waals surface area contributed by atoms with E-state index in [4.69, 9.17) is 12.2 Å². The Labute approximate surface area is 122 Å². The number of terminal acetylenes is 1. The van der Waals surface area contributed by atoms with Gasteiger partial charge >= 0.3 is 0 Å². The van der Waals surface area contributed by atoms with Gasteiger partial charge in [0, 0.05) is 16.6 Å². The van der Waals surface area contributed by atoms with Gasteiger partial charge in [0.15, 0.2) is 9.84 Å². The third-order valence-corrected chi connectivity index (χ3v) is 6.14. The fourth-order valence-electron chi connectivity index (χ4n) is 2.23. The van der Waals surface area contributed by atoms with Crippen LogP contribution in [0.25, 0.3) is 0 Å². The summed E-state index contributed by atoms with van der Waals surface area (Å²) >= 11 is 1.30. The van der Waals surface area contributed by atoms with E-state index in [1.807, 2.05) is 6.92 Å². The topological polar surface area (TPSA) is 80.5 Å². The van der Waals surface area contributed by atoms with Gasteiger partial charge in [-0.1, -0.05) is 5.92 Å². The van der Waals surface area contributed by atoms with Gasteiger partial charge in [-0.15, -0.1) is 17.8 Å². The van der Waals surface area contributed by atoms with Crippen LogP contribution in [0.4, 0.5) is 5.69 Å². The second kappa shape index (κ2) is 5.46. The zero-order valence-electron chi connectivity index (χ0n) is 11.1. The smallest absolute Gasteiger partial charge is 0.265 e. The molecule has 1 aromatic heterocycles. The van der Waals surface area contributed by atoms with Gasteiger partial charge in [-0.3, -0.25) is 4.79 Å². The summed E-state index contributed by atoms with van der Waals surface area (Å²) in [5.74, 6) is 2.28. The van der Waals surface area contributed by atoms with Crippen LogP contribution in [0.3, 0.4) is 0 Å². The number of amides is 1. The highest BCUT2D eigenvalue weighted by Gasteiger charge is 2.35. The quantitative estimate of drug-likeness (QED) is 0.841. The molecule has 20 heavy (non-hydrogen) atoms. The Morgan fingerprint density at radius 1 is 1.65 bits per heavy atom. The summed E-state index contributed by atoms with van der Waals surface area (Å²) in [5, 5.41) is 0. The van der Waals surface area contributed by atoms with Crippen LogP contribution < -0.4 is 5.73 Å². The monoisotopic (exact) mass is 312 g/mol. The summed E-state index contributed by atoms with van der Waals surface area (Å²) in [6.45, 7) is 1.94. The molecule has 2 heterocycles. The summed E-state index contributed by atoms with van der Waals surface area (Å²) < 4.78 is 23.1. The van der Waals surface area contributed by atoms with Gasteiger partial charge in [0.05, 0.1) is 22.9 Å². The third kappa shape index (κ3) is 2.97. The van der Waals surface area contributed by atoms with Crippen LogP contribution in [0.1, 0.15) is 21.0 Å². The Balaban J connectivity index is 2.25. The van der Waals surface area contributed by atoms with E-state index in [9.17, 15) is 13.2 Å². The van der Waals surface area contributed by atoms with E-state index >= 15 is 0 Å². The lowest BCUT2D eigenvalue weighted by Crippen LogP contribution is -2.41. The molecule has 1 aliphatic rings. The predicted octanol–water partition coefficient (Wildman–Crippen LogP) is 0.901. The Morgan fingerprint density at radius 3 is 2.80 bits per heavy atom. The highest BCUT2D eigenvalue weighted by atomic mass is 32.2. The zero-order chi connectivity index (χ0) is 14.9. The van der Waals surface area contributed by atoms with Gasteiger partial charge in [-0.05, 0) is 19.4 Å². The van der Waals surface area contributed by atoms with Crippen LogP contribution in [0, 0.1) is 19.3 Å². The SMILES string of the molecule is C#CCN(C(=O)c1cc(N)c(C)s1)C1CCS(=O)(=O)C1. The van der Waals surface area contributed by atoms with Crippen molar-refractivity contribution in [2.45, 2.75) is 19.4 Å². The van der Waals surface area contributed by atoms with E-state index in [0.29, 0.717) is 17.0 Å². The van der Waals surface area contributed by atoms with Gasteiger partial charge in [0.1, 0.15) is 0 Å². The minimum Gasteiger partial charge on any atom is -0.398 e. The largest absolute Gasteiger partial charge is 0.398 e. The van der Waals surface area contributed by atoms with E-state index < -0.39 is 9.84 Å². The lowest BCUT2D eigenvalue weighted by molar-refractivity contribution is 0.0729. The Hall–Kier alpha value is -1.52. The minimum absolute atomic E-state index is 0.0136. The van der Waals surface area contributed by atoms with E-state index in [1.54, 1.807) is 6.07 Å².